The van der Waals surface area contributed by atoms with E-state index >= 15 is 0 Å². The van der Waals surface area contributed by atoms with Gasteiger partial charge in [-0.2, -0.15) is 11.3 Å². The van der Waals surface area contributed by atoms with Crippen LogP contribution in [0.5, 0.6) is 0 Å². The lowest BCUT2D eigenvalue weighted by Gasteiger charge is -2.27. The van der Waals surface area contributed by atoms with Gasteiger partial charge in [0.05, 0.1) is 0 Å². The molecular formula is C19H26N2OS. The summed E-state index contributed by atoms with van der Waals surface area (Å²) < 4.78 is 0. The van der Waals surface area contributed by atoms with Crippen molar-refractivity contribution in [1.82, 2.24) is 5.32 Å². The molecule has 0 saturated heterocycles. The van der Waals surface area contributed by atoms with Gasteiger partial charge in [-0.25, -0.2) is 0 Å². The highest BCUT2D eigenvalue weighted by atomic mass is 32.1. The fourth-order valence-electron chi connectivity index (χ4n) is 2.77. The van der Waals surface area contributed by atoms with Crippen LogP contribution in [-0.4, -0.2) is 24.5 Å². The van der Waals surface area contributed by atoms with Gasteiger partial charge in [0.15, 0.2) is 0 Å². The van der Waals surface area contributed by atoms with Gasteiger partial charge < -0.3 is 10.2 Å². The van der Waals surface area contributed by atoms with Gasteiger partial charge in [-0.15, -0.1) is 0 Å². The fourth-order valence-corrected chi connectivity index (χ4v) is 3.45. The lowest BCUT2D eigenvalue weighted by Crippen LogP contribution is -2.34. The minimum atomic E-state index is -0.00752. The summed E-state index contributed by atoms with van der Waals surface area (Å²) in [5, 5.41) is 7.27. The van der Waals surface area contributed by atoms with Crippen LogP contribution in [0.2, 0.25) is 0 Å². The largest absolute Gasteiger partial charge is 0.369 e. The number of thiophene rings is 1. The summed E-state index contributed by atoms with van der Waals surface area (Å²) in [7, 11) is 0. The van der Waals surface area contributed by atoms with Crippen LogP contribution in [-0.2, 0) is 6.42 Å². The van der Waals surface area contributed by atoms with Gasteiger partial charge >= 0.3 is 0 Å². The first kappa shape index (κ1) is 17.5. The molecule has 0 radical (unpaired) electrons. The van der Waals surface area contributed by atoms with Crippen LogP contribution in [0.1, 0.15) is 43.6 Å². The lowest BCUT2D eigenvalue weighted by atomic mass is 10.1. The second-order valence-corrected chi connectivity index (χ2v) is 6.92. The van der Waals surface area contributed by atoms with Gasteiger partial charge in [-0.05, 0) is 80.8 Å². The molecule has 1 N–H and O–H groups in total. The van der Waals surface area contributed by atoms with Crippen LogP contribution in [0.4, 0.5) is 5.69 Å². The van der Waals surface area contributed by atoms with Crippen LogP contribution < -0.4 is 10.2 Å². The normalized spacial score (nSPS) is 12.2. The highest BCUT2D eigenvalue weighted by molar-refractivity contribution is 7.07. The van der Waals surface area contributed by atoms with Crippen molar-refractivity contribution >= 4 is 22.9 Å². The third kappa shape index (κ3) is 4.83. The molecule has 23 heavy (non-hydrogen) atoms. The number of anilines is 1. The minimum Gasteiger partial charge on any atom is -0.369 e. The van der Waals surface area contributed by atoms with E-state index in [0.717, 1.165) is 18.7 Å². The van der Waals surface area contributed by atoms with E-state index in [4.69, 9.17) is 0 Å². The molecule has 0 bridgehead atoms. The van der Waals surface area contributed by atoms with Gasteiger partial charge in [0.25, 0.3) is 5.91 Å². The number of nitrogens with one attached hydrogen (secondary N) is 1. The molecule has 1 aromatic heterocycles. The first-order chi connectivity index (χ1) is 11.0. The molecule has 2 rings (SSSR count). The summed E-state index contributed by atoms with van der Waals surface area (Å²) >= 11 is 1.69. The Bertz CT molecular complexity index is 605. The third-order valence-corrected chi connectivity index (χ3v) is 4.66. The molecule has 1 heterocycles. The maximum atomic E-state index is 12.3. The molecule has 0 spiro atoms. The molecule has 1 amide bonds. The van der Waals surface area contributed by atoms with Crippen LogP contribution in [0.3, 0.4) is 0 Å². The summed E-state index contributed by atoms with van der Waals surface area (Å²) in [5.41, 5.74) is 3.14. The summed E-state index contributed by atoms with van der Waals surface area (Å²) in [4.78, 5) is 14.7. The van der Waals surface area contributed by atoms with Gasteiger partial charge in [0, 0.05) is 29.9 Å². The number of carbonyl (C=O) groups is 1. The molecule has 1 aromatic carbocycles. The van der Waals surface area contributed by atoms with E-state index in [1.165, 1.54) is 5.56 Å². The summed E-state index contributed by atoms with van der Waals surface area (Å²) in [6.07, 6.45) is 0.865. The van der Waals surface area contributed by atoms with Gasteiger partial charge in [0.2, 0.25) is 0 Å². The molecule has 0 aliphatic rings. The maximum Gasteiger partial charge on any atom is 0.251 e. The summed E-state index contributed by atoms with van der Waals surface area (Å²) in [6.45, 7) is 9.50. The van der Waals surface area contributed by atoms with Crippen LogP contribution in [0, 0.1) is 0 Å². The second-order valence-electron chi connectivity index (χ2n) is 6.14. The summed E-state index contributed by atoms with van der Waals surface area (Å²) in [6, 6.07) is 10.6. The lowest BCUT2D eigenvalue weighted by molar-refractivity contribution is 0.0940. The quantitative estimate of drug-likeness (QED) is 0.819. The van der Waals surface area contributed by atoms with Crippen LogP contribution in [0.25, 0.3) is 0 Å². The number of benzene rings is 1. The van der Waals surface area contributed by atoms with Gasteiger partial charge in [-0.3, -0.25) is 4.79 Å². The average molecular weight is 330 g/mol. The van der Waals surface area contributed by atoms with Crippen molar-refractivity contribution < 1.29 is 4.79 Å². The molecule has 1 unspecified atom stereocenters. The van der Waals surface area contributed by atoms with E-state index in [9.17, 15) is 4.79 Å². The van der Waals surface area contributed by atoms with E-state index in [2.05, 4.69) is 47.8 Å². The topological polar surface area (TPSA) is 32.3 Å². The molecule has 0 saturated carbocycles. The number of hydrogen-bond acceptors (Lipinski definition) is 3. The van der Waals surface area contributed by atoms with Crippen molar-refractivity contribution in [2.24, 2.45) is 0 Å². The highest BCUT2D eigenvalue weighted by Gasteiger charge is 2.12. The first-order valence-corrected chi connectivity index (χ1v) is 9.14. The standard InChI is InChI=1S/C19H26N2OS/c1-5-21(14(2)3)18-8-6-17(7-9-18)19(22)20-15(4)12-16-10-11-23-13-16/h6-11,13-15H,5,12H2,1-4H3,(H,20,22). The van der Waals surface area contributed by atoms with Gasteiger partial charge in [-0.1, -0.05) is 0 Å². The Morgan fingerprint density at radius 3 is 2.39 bits per heavy atom. The zero-order valence-electron chi connectivity index (χ0n) is 14.4. The molecule has 2 aromatic rings. The van der Waals surface area contributed by atoms with Crippen LogP contribution >= 0.6 is 11.3 Å². The van der Waals surface area contributed by atoms with E-state index in [1.54, 1.807) is 11.3 Å². The molecule has 1 atom stereocenters. The van der Waals surface area contributed by atoms with Crippen molar-refractivity contribution in [3.8, 4) is 0 Å². The third-order valence-electron chi connectivity index (χ3n) is 3.92. The summed E-state index contributed by atoms with van der Waals surface area (Å²) in [5.74, 6) is -0.00752. The number of hydrogen-bond donors (Lipinski definition) is 1. The van der Waals surface area contributed by atoms with Gasteiger partial charge in [0.1, 0.15) is 0 Å². The Hall–Kier alpha value is -1.81. The van der Waals surface area contributed by atoms with E-state index in [-0.39, 0.29) is 11.9 Å². The number of amides is 1. The zero-order chi connectivity index (χ0) is 16.8. The maximum absolute atomic E-state index is 12.3. The van der Waals surface area contributed by atoms with Crippen molar-refractivity contribution in [1.29, 1.82) is 0 Å². The molecule has 4 heteroatoms. The molecule has 0 aliphatic heterocycles. The molecule has 124 valence electrons. The number of rotatable bonds is 7. The van der Waals surface area contributed by atoms with E-state index in [1.807, 2.05) is 31.2 Å². The SMILES string of the molecule is CCN(c1ccc(C(=O)NC(C)Cc2ccsc2)cc1)C(C)C. The smallest absolute Gasteiger partial charge is 0.251 e. The molecule has 3 nitrogen and oxygen atoms in total. The van der Waals surface area contributed by atoms with Crippen molar-refractivity contribution in [3.63, 3.8) is 0 Å². The Labute approximate surface area is 143 Å². The van der Waals surface area contributed by atoms with Crippen molar-refractivity contribution in [2.45, 2.75) is 46.2 Å². The minimum absolute atomic E-state index is 0.00752. The fraction of sp³-hybridized carbons (Fsp3) is 0.421. The number of nitrogens with zero attached hydrogens (tertiary/aromatic N) is 1. The molecule has 0 fully saturated rings. The monoisotopic (exact) mass is 330 g/mol. The Kier molecular flexibility index (Phi) is 6.22. The average Bonchev–Trinajstić information content (AvgIpc) is 3.01. The molecular weight excluding hydrogens is 304 g/mol. The Morgan fingerprint density at radius 2 is 1.87 bits per heavy atom. The highest BCUT2D eigenvalue weighted by Crippen LogP contribution is 2.18. The number of carbonyl (C=O) groups excluding carboxylic acids is 1. The van der Waals surface area contributed by atoms with Crippen molar-refractivity contribution in [3.05, 3.63) is 52.2 Å². The first-order valence-electron chi connectivity index (χ1n) is 8.20. The second kappa shape index (κ2) is 8.16. The Balaban J connectivity index is 1.97. The Morgan fingerprint density at radius 1 is 1.17 bits per heavy atom. The predicted octanol–water partition coefficient (Wildman–Crippen LogP) is 4.34. The van der Waals surface area contributed by atoms with E-state index in [0.29, 0.717) is 11.6 Å². The van der Waals surface area contributed by atoms with Crippen LogP contribution in [0.15, 0.2) is 41.1 Å². The predicted molar refractivity (Wildman–Crippen MR) is 99.5 cm³/mol. The van der Waals surface area contributed by atoms with E-state index < -0.39 is 0 Å². The molecule has 0 aliphatic carbocycles. The zero-order valence-corrected chi connectivity index (χ0v) is 15.2. The van der Waals surface area contributed by atoms with Crippen molar-refractivity contribution in [2.75, 3.05) is 11.4 Å².